The molecule has 34 heavy (non-hydrogen) atoms. The van der Waals surface area contributed by atoms with Crippen molar-refractivity contribution in [2.24, 2.45) is 0 Å². The van der Waals surface area contributed by atoms with E-state index in [9.17, 15) is 48.3 Å². The smallest absolute Gasteiger partial charge is 0.198 e. The predicted octanol–water partition coefficient (Wildman–Crippen LogP) is 8.93. The van der Waals surface area contributed by atoms with Crippen LogP contribution in [0.1, 0.15) is 33.3 Å². The third-order valence-electron chi connectivity index (χ3n) is 4.17. The van der Waals surface area contributed by atoms with E-state index in [4.69, 9.17) is 0 Å². The van der Waals surface area contributed by atoms with E-state index in [-0.39, 0.29) is 18.2 Å². The van der Waals surface area contributed by atoms with Gasteiger partial charge in [-0.2, -0.15) is 0 Å². The molecule has 0 saturated carbocycles. The fourth-order valence-electron chi connectivity index (χ4n) is 2.79. The van der Waals surface area contributed by atoms with Gasteiger partial charge in [0.15, 0.2) is 34.9 Å². The van der Waals surface area contributed by atoms with Crippen molar-refractivity contribution in [3.05, 3.63) is 81.9 Å². The average molecular weight is 502 g/mol. The first-order valence-corrected chi connectivity index (χ1v) is 9.74. The largest absolute Gasteiger partial charge is 0.246 e. The van der Waals surface area contributed by atoms with Crippen molar-refractivity contribution < 1.29 is 48.3 Å². The van der Waals surface area contributed by atoms with Gasteiger partial charge in [-0.05, 0) is 12.1 Å². The Labute approximate surface area is 187 Å². The SMILES string of the molecule is CC.CC.FCc1cc(F)c(F)c(-c2c(F)cc(F)c(-c3cc(F)c(F)c(F)c3F)c2F)c1F. The van der Waals surface area contributed by atoms with E-state index in [2.05, 4.69) is 0 Å². The first kappa shape index (κ1) is 28.9. The molecule has 0 saturated heterocycles. The standard InChI is InChI=1S/C19H5F11.2C2H6/c20-4-5-1-9(23)16(27)13(14(5)25)12-8(22)3-7(21)11(18(12)29)6-2-10(24)17(28)19(30)15(6)26;2*1-2/h1-3H,4H2;2*1-2H3. The minimum absolute atomic E-state index is 0.0683. The van der Waals surface area contributed by atoms with Crippen molar-refractivity contribution in [2.45, 2.75) is 34.4 Å². The van der Waals surface area contributed by atoms with E-state index >= 15 is 0 Å². The molecule has 0 amide bonds. The molecule has 3 aromatic rings. The van der Waals surface area contributed by atoms with Gasteiger partial charge in [0.05, 0.1) is 16.7 Å². The Morgan fingerprint density at radius 2 is 0.941 bits per heavy atom. The van der Waals surface area contributed by atoms with Gasteiger partial charge in [-0.1, -0.05) is 27.7 Å². The lowest BCUT2D eigenvalue weighted by molar-refractivity contribution is 0.410. The van der Waals surface area contributed by atoms with Crippen LogP contribution in [0.4, 0.5) is 48.3 Å². The second kappa shape index (κ2) is 11.8. The summed E-state index contributed by atoms with van der Waals surface area (Å²) in [6, 6.07) is -0.341. The maximum Gasteiger partial charge on any atom is 0.198 e. The molecule has 0 radical (unpaired) electrons. The summed E-state index contributed by atoms with van der Waals surface area (Å²) in [5.74, 6) is -21.6. The van der Waals surface area contributed by atoms with Crippen LogP contribution in [0.5, 0.6) is 0 Å². The Morgan fingerprint density at radius 1 is 0.441 bits per heavy atom. The second-order valence-corrected chi connectivity index (χ2v) is 5.91. The summed E-state index contributed by atoms with van der Waals surface area (Å²) < 4.78 is 152. The van der Waals surface area contributed by atoms with Crippen LogP contribution in [0.3, 0.4) is 0 Å². The lowest BCUT2D eigenvalue weighted by Gasteiger charge is -2.15. The molecular formula is C23H17F11. The number of hydrogen-bond donors (Lipinski definition) is 0. The molecule has 0 fully saturated rings. The normalized spacial score (nSPS) is 10.3. The van der Waals surface area contributed by atoms with Crippen LogP contribution < -0.4 is 0 Å². The number of alkyl halides is 1. The lowest BCUT2D eigenvalue weighted by Crippen LogP contribution is -2.07. The van der Waals surface area contributed by atoms with Gasteiger partial charge in [-0.15, -0.1) is 0 Å². The molecule has 3 aromatic carbocycles. The first-order valence-electron chi connectivity index (χ1n) is 9.74. The quantitative estimate of drug-likeness (QED) is 0.191. The molecule has 186 valence electrons. The Hall–Kier alpha value is -3.11. The highest BCUT2D eigenvalue weighted by Gasteiger charge is 2.31. The summed E-state index contributed by atoms with van der Waals surface area (Å²) in [4.78, 5) is 0. The Balaban J connectivity index is 0.00000137. The lowest BCUT2D eigenvalue weighted by atomic mass is 9.94. The molecule has 0 N–H and O–H groups in total. The number of hydrogen-bond acceptors (Lipinski definition) is 0. The highest BCUT2D eigenvalue weighted by molar-refractivity contribution is 5.76. The topological polar surface area (TPSA) is 0 Å². The fraction of sp³-hybridized carbons (Fsp3) is 0.217. The van der Waals surface area contributed by atoms with Crippen LogP contribution in [0.2, 0.25) is 0 Å². The van der Waals surface area contributed by atoms with E-state index in [1.807, 2.05) is 27.7 Å². The van der Waals surface area contributed by atoms with Crippen LogP contribution in [0.25, 0.3) is 22.3 Å². The zero-order chi connectivity index (χ0) is 26.5. The summed E-state index contributed by atoms with van der Waals surface area (Å²) in [7, 11) is 0. The number of benzene rings is 3. The predicted molar refractivity (Wildman–Crippen MR) is 104 cm³/mol. The van der Waals surface area contributed by atoms with Crippen molar-refractivity contribution in [3.63, 3.8) is 0 Å². The van der Waals surface area contributed by atoms with Gasteiger partial charge < -0.3 is 0 Å². The third kappa shape index (κ3) is 5.02. The molecule has 0 aliphatic carbocycles. The Morgan fingerprint density at radius 3 is 1.47 bits per heavy atom. The van der Waals surface area contributed by atoms with Crippen LogP contribution in [0.15, 0.2) is 18.2 Å². The van der Waals surface area contributed by atoms with Crippen molar-refractivity contribution in [1.82, 2.24) is 0 Å². The van der Waals surface area contributed by atoms with Gasteiger partial charge in [-0.25, -0.2) is 48.3 Å². The second-order valence-electron chi connectivity index (χ2n) is 5.91. The molecule has 0 aliphatic rings. The summed E-state index contributed by atoms with van der Waals surface area (Å²) in [5, 5.41) is 0. The highest BCUT2D eigenvalue weighted by atomic mass is 19.2. The Kier molecular flexibility index (Phi) is 10.1. The molecule has 11 heteroatoms. The molecule has 3 rings (SSSR count). The molecular weight excluding hydrogens is 485 g/mol. The summed E-state index contributed by atoms with van der Waals surface area (Å²) in [6.45, 7) is 6.27. The van der Waals surface area contributed by atoms with Gasteiger partial charge in [0.2, 0.25) is 0 Å². The zero-order valence-corrected chi connectivity index (χ0v) is 18.1. The zero-order valence-electron chi connectivity index (χ0n) is 18.1. The van der Waals surface area contributed by atoms with E-state index in [0.29, 0.717) is 0 Å². The maximum absolute atomic E-state index is 14.9. The van der Waals surface area contributed by atoms with Crippen LogP contribution in [-0.4, -0.2) is 0 Å². The average Bonchev–Trinajstić information content (AvgIpc) is 2.82. The minimum Gasteiger partial charge on any atom is -0.246 e. The molecule has 0 aliphatic heterocycles. The van der Waals surface area contributed by atoms with Crippen LogP contribution in [0, 0.1) is 58.2 Å². The minimum atomic E-state index is -2.47. The molecule has 0 bridgehead atoms. The molecule has 0 spiro atoms. The Bertz CT molecular complexity index is 1190. The molecule has 0 atom stereocenters. The first-order chi connectivity index (χ1) is 16.0. The molecule has 0 heterocycles. The van der Waals surface area contributed by atoms with Gasteiger partial charge in [0, 0.05) is 17.2 Å². The van der Waals surface area contributed by atoms with Crippen LogP contribution >= 0.6 is 0 Å². The van der Waals surface area contributed by atoms with Crippen molar-refractivity contribution in [2.75, 3.05) is 0 Å². The highest BCUT2D eigenvalue weighted by Crippen LogP contribution is 2.40. The van der Waals surface area contributed by atoms with Crippen molar-refractivity contribution in [1.29, 1.82) is 0 Å². The fourth-order valence-corrected chi connectivity index (χ4v) is 2.79. The van der Waals surface area contributed by atoms with E-state index in [0.717, 1.165) is 0 Å². The van der Waals surface area contributed by atoms with Gasteiger partial charge in [0.25, 0.3) is 0 Å². The van der Waals surface area contributed by atoms with Gasteiger partial charge in [0.1, 0.15) is 29.9 Å². The summed E-state index contributed by atoms with van der Waals surface area (Å²) in [6.07, 6.45) is 0. The molecule has 0 aromatic heterocycles. The maximum atomic E-state index is 14.9. The summed E-state index contributed by atoms with van der Waals surface area (Å²) >= 11 is 0. The van der Waals surface area contributed by atoms with E-state index in [1.165, 1.54) is 0 Å². The van der Waals surface area contributed by atoms with Crippen molar-refractivity contribution >= 4 is 0 Å². The van der Waals surface area contributed by atoms with Gasteiger partial charge >= 0.3 is 0 Å². The van der Waals surface area contributed by atoms with Crippen LogP contribution in [-0.2, 0) is 6.67 Å². The summed E-state index contributed by atoms with van der Waals surface area (Å²) in [5.41, 5.74) is -8.08. The molecule has 0 nitrogen and oxygen atoms in total. The molecule has 0 unspecified atom stereocenters. The van der Waals surface area contributed by atoms with Gasteiger partial charge in [-0.3, -0.25) is 0 Å². The third-order valence-corrected chi connectivity index (χ3v) is 4.17. The number of rotatable bonds is 3. The van der Waals surface area contributed by atoms with Crippen molar-refractivity contribution in [3.8, 4) is 22.3 Å². The van der Waals surface area contributed by atoms with E-state index < -0.39 is 92.7 Å². The number of halogens is 11. The van der Waals surface area contributed by atoms with E-state index in [1.54, 1.807) is 0 Å². The monoisotopic (exact) mass is 502 g/mol.